The van der Waals surface area contributed by atoms with Crippen LogP contribution in [0, 0.1) is 0 Å². The molecule has 0 aromatic heterocycles. The highest BCUT2D eigenvalue weighted by Crippen LogP contribution is 2.48. The number of carbonyl (C=O) groups excluding carboxylic acids is 1. The first-order chi connectivity index (χ1) is 19.3. The van der Waals surface area contributed by atoms with Crippen LogP contribution >= 0.6 is 0 Å². The summed E-state index contributed by atoms with van der Waals surface area (Å²) in [6.45, 7) is 9.25. The molecule has 6 rings (SSSR count). The van der Waals surface area contributed by atoms with Gasteiger partial charge in [0.25, 0.3) is 0 Å². The van der Waals surface area contributed by atoms with Crippen molar-refractivity contribution in [3.05, 3.63) is 102 Å². The third-order valence-electron chi connectivity index (χ3n) is 9.26. The second-order valence-corrected chi connectivity index (χ2v) is 11.5. The highest BCUT2D eigenvalue weighted by atomic mass is 16.2. The summed E-state index contributed by atoms with van der Waals surface area (Å²) >= 11 is 0. The predicted octanol–water partition coefficient (Wildman–Crippen LogP) is 4.88. The molecule has 2 fully saturated rings. The SMILES string of the molecule is O=C1N(CCCN2CCNCC2)c2ccccc2C1(CCN1CCC(c2ccccc2)CC1)c1ccccc1. The molecule has 3 heterocycles. The van der Waals surface area contributed by atoms with E-state index in [4.69, 9.17) is 0 Å². The Labute approximate surface area is 233 Å². The largest absolute Gasteiger partial charge is 0.314 e. The Morgan fingerprint density at radius 1 is 0.718 bits per heavy atom. The van der Waals surface area contributed by atoms with Crippen LogP contribution in [-0.4, -0.2) is 74.6 Å². The van der Waals surface area contributed by atoms with Gasteiger partial charge in [0.1, 0.15) is 5.41 Å². The molecule has 1 atom stereocenters. The van der Waals surface area contributed by atoms with Gasteiger partial charge in [-0.05, 0) is 80.5 Å². The normalized spacial score (nSPS) is 22.8. The van der Waals surface area contributed by atoms with Gasteiger partial charge in [0.2, 0.25) is 5.91 Å². The molecule has 5 nitrogen and oxygen atoms in total. The summed E-state index contributed by atoms with van der Waals surface area (Å²) in [4.78, 5) is 21.8. The summed E-state index contributed by atoms with van der Waals surface area (Å²) in [5, 5.41) is 3.44. The number of rotatable bonds is 9. The highest BCUT2D eigenvalue weighted by molar-refractivity contribution is 6.10. The van der Waals surface area contributed by atoms with Gasteiger partial charge in [0.15, 0.2) is 0 Å². The molecule has 0 saturated carbocycles. The van der Waals surface area contributed by atoms with Crippen molar-refractivity contribution < 1.29 is 4.79 Å². The van der Waals surface area contributed by atoms with Crippen LogP contribution in [0.15, 0.2) is 84.9 Å². The fourth-order valence-electron chi connectivity index (χ4n) is 7.06. The van der Waals surface area contributed by atoms with E-state index >= 15 is 0 Å². The van der Waals surface area contributed by atoms with E-state index in [-0.39, 0.29) is 5.91 Å². The van der Waals surface area contributed by atoms with Crippen molar-refractivity contribution in [1.82, 2.24) is 15.1 Å². The number of hydrogen-bond acceptors (Lipinski definition) is 4. The van der Waals surface area contributed by atoms with Crippen LogP contribution < -0.4 is 10.2 Å². The lowest BCUT2D eigenvalue weighted by atomic mass is 9.72. The van der Waals surface area contributed by atoms with Crippen molar-refractivity contribution in [2.45, 2.75) is 37.0 Å². The van der Waals surface area contributed by atoms with Gasteiger partial charge in [-0.3, -0.25) is 4.79 Å². The molecule has 1 unspecified atom stereocenters. The van der Waals surface area contributed by atoms with E-state index in [9.17, 15) is 4.79 Å². The number of nitrogens with zero attached hydrogens (tertiary/aromatic N) is 3. The molecule has 0 aliphatic carbocycles. The van der Waals surface area contributed by atoms with Gasteiger partial charge in [-0.15, -0.1) is 0 Å². The molecule has 3 aromatic rings. The average Bonchev–Trinajstić information content (AvgIpc) is 3.25. The van der Waals surface area contributed by atoms with Gasteiger partial charge < -0.3 is 20.0 Å². The van der Waals surface area contributed by atoms with Crippen LogP contribution in [0.1, 0.15) is 48.3 Å². The molecule has 1 amide bonds. The number of nitrogens with one attached hydrogen (secondary N) is 1. The van der Waals surface area contributed by atoms with E-state index in [0.29, 0.717) is 5.92 Å². The zero-order valence-electron chi connectivity index (χ0n) is 23.1. The van der Waals surface area contributed by atoms with Crippen molar-refractivity contribution in [3.8, 4) is 0 Å². The lowest BCUT2D eigenvalue weighted by Gasteiger charge is -2.36. The number of para-hydroxylation sites is 1. The maximum Gasteiger partial charge on any atom is 0.242 e. The average molecular weight is 523 g/mol. The monoisotopic (exact) mass is 522 g/mol. The number of amides is 1. The third kappa shape index (κ3) is 5.41. The molecule has 0 spiro atoms. The molecular formula is C34H42N4O. The molecule has 0 bridgehead atoms. The number of benzene rings is 3. The number of piperazine rings is 1. The van der Waals surface area contributed by atoms with E-state index in [1.807, 2.05) is 0 Å². The number of hydrogen-bond donors (Lipinski definition) is 1. The Hall–Kier alpha value is -2.99. The van der Waals surface area contributed by atoms with Crippen molar-refractivity contribution in [2.24, 2.45) is 0 Å². The molecule has 39 heavy (non-hydrogen) atoms. The van der Waals surface area contributed by atoms with E-state index in [0.717, 1.165) is 83.0 Å². The quantitative estimate of drug-likeness (QED) is 0.435. The van der Waals surface area contributed by atoms with Gasteiger partial charge in [-0.25, -0.2) is 0 Å². The Kier molecular flexibility index (Phi) is 8.10. The maximum atomic E-state index is 14.6. The van der Waals surface area contributed by atoms with E-state index in [1.54, 1.807) is 0 Å². The van der Waals surface area contributed by atoms with Crippen LogP contribution in [-0.2, 0) is 10.2 Å². The second-order valence-electron chi connectivity index (χ2n) is 11.5. The summed E-state index contributed by atoms with van der Waals surface area (Å²) in [6.07, 6.45) is 4.19. The molecular weight excluding hydrogens is 480 g/mol. The first-order valence-corrected chi connectivity index (χ1v) is 14.9. The maximum absolute atomic E-state index is 14.6. The van der Waals surface area contributed by atoms with E-state index in [2.05, 4.69) is 105 Å². The van der Waals surface area contributed by atoms with Crippen LogP contribution in [0.4, 0.5) is 5.69 Å². The molecule has 0 radical (unpaired) electrons. The lowest BCUT2D eigenvalue weighted by Crippen LogP contribution is -2.46. The topological polar surface area (TPSA) is 38.8 Å². The number of anilines is 1. The fourth-order valence-corrected chi connectivity index (χ4v) is 7.06. The first-order valence-electron chi connectivity index (χ1n) is 14.9. The Morgan fingerprint density at radius 3 is 2.10 bits per heavy atom. The van der Waals surface area contributed by atoms with Gasteiger partial charge in [-0.2, -0.15) is 0 Å². The van der Waals surface area contributed by atoms with Crippen LogP contribution in [0.5, 0.6) is 0 Å². The highest BCUT2D eigenvalue weighted by Gasteiger charge is 2.51. The Balaban J connectivity index is 1.20. The third-order valence-corrected chi connectivity index (χ3v) is 9.26. The van der Waals surface area contributed by atoms with Gasteiger partial charge in [0.05, 0.1) is 0 Å². The minimum Gasteiger partial charge on any atom is -0.314 e. The Morgan fingerprint density at radius 2 is 1.36 bits per heavy atom. The Bertz CT molecular complexity index is 1220. The molecule has 3 aliphatic rings. The molecule has 2 saturated heterocycles. The zero-order chi connectivity index (χ0) is 26.5. The number of carbonyl (C=O) groups is 1. The summed E-state index contributed by atoms with van der Waals surface area (Å²) in [6, 6.07) is 30.1. The van der Waals surface area contributed by atoms with Crippen LogP contribution in [0.3, 0.4) is 0 Å². The zero-order valence-corrected chi connectivity index (χ0v) is 23.1. The molecule has 1 N–H and O–H groups in total. The second kappa shape index (κ2) is 12.0. The van der Waals surface area contributed by atoms with Crippen molar-refractivity contribution in [1.29, 1.82) is 0 Å². The minimum absolute atomic E-state index is 0.259. The van der Waals surface area contributed by atoms with Gasteiger partial charge in [0, 0.05) is 38.4 Å². The minimum atomic E-state index is -0.622. The number of likely N-dealkylation sites (tertiary alicyclic amines) is 1. The summed E-state index contributed by atoms with van der Waals surface area (Å²) in [5.41, 5.74) is 4.26. The smallest absolute Gasteiger partial charge is 0.242 e. The molecule has 5 heteroatoms. The number of fused-ring (bicyclic) bond motifs is 1. The molecule has 3 aliphatic heterocycles. The summed E-state index contributed by atoms with van der Waals surface area (Å²) in [7, 11) is 0. The van der Waals surface area contributed by atoms with E-state index < -0.39 is 5.41 Å². The van der Waals surface area contributed by atoms with Crippen LogP contribution in [0.25, 0.3) is 0 Å². The standard InChI is InChI=1S/C34H42N4O/c39-33-34(30-12-5-2-6-13-30,18-25-37-23-16-29(17-24-37)28-10-3-1-4-11-28)31-14-7-8-15-32(31)38(33)22-9-21-36-26-19-35-20-27-36/h1-8,10-15,29,35H,9,16-27H2. The van der Waals surface area contributed by atoms with Gasteiger partial charge in [-0.1, -0.05) is 78.9 Å². The molecule has 204 valence electrons. The van der Waals surface area contributed by atoms with Crippen LogP contribution in [0.2, 0.25) is 0 Å². The molecule has 3 aromatic carbocycles. The summed E-state index contributed by atoms with van der Waals surface area (Å²) < 4.78 is 0. The lowest BCUT2D eigenvalue weighted by molar-refractivity contribution is -0.122. The summed E-state index contributed by atoms with van der Waals surface area (Å²) in [5.74, 6) is 0.903. The van der Waals surface area contributed by atoms with Crippen molar-refractivity contribution in [3.63, 3.8) is 0 Å². The van der Waals surface area contributed by atoms with Gasteiger partial charge >= 0.3 is 0 Å². The van der Waals surface area contributed by atoms with Crippen molar-refractivity contribution in [2.75, 3.05) is 63.8 Å². The van der Waals surface area contributed by atoms with Crippen molar-refractivity contribution >= 4 is 11.6 Å². The first kappa shape index (κ1) is 26.2. The number of piperidine rings is 1. The fraction of sp³-hybridized carbons (Fsp3) is 0.441. The van der Waals surface area contributed by atoms with E-state index in [1.165, 1.54) is 24.0 Å². The predicted molar refractivity (Wildman–Crippen MR) is 159 cm³/mol.